The Hall–Kier alpha value is -1.07. The van der Waals surface area contributed by atoms with E-state index in [0.29, 0.717) is 13.0 Å². The van der Waals surface area contributed by atoms with Crippen LogP contribution >= 0.6 is 0 Å². The van der Waals surface area contributed by atoms with E-state index in [9.17, 15) is 8.42 Å². The second kappa shape index (κ2) is 5.51. The van der Waals surface area contributed by atoms with Gasteiger partial charge in [-0.25, -0.2) is 8.42 Å². The Balaban J connectivity index is 2.27. The Labute approximate surface area is 114 Å². The quantitative estimate of drug-likeness (QED) is 0.915. The van der Waals surface area contributed by atoms with E-state index in [2.05, 4.69) is 0 Å². The summed E-state index contributed by atoms with van der Waals surface area (Å²) in [5, 5.41) is 0. The minimum Gasteiger partial charge on any atom is -0.494 e. The summed E-state index contributed by atoms with van der Waals surface area (Å²) in [7, 11) is -2.90. The first kappa shape index (κ1) is 14.3. The van der Waals surface area contributed by atoms with Crippen molar-refractivity contribution in [3.63, 3.8) is 0 Å². The number of hydrogen-bond acceptors (Lipinski definition) is 4. The Morgan fingerprint density at radius 1 is 1.47 bits per heavy atom. The van der Waals surface area contributed by atoms with Crippen LogP contribution in [0.15, 0.2) is 18.2 Å². The molecule has 2 unspecified atom stereocenters. The second-order valence-electron chi connectivity index (χ2n) is 5.16. The van der Waals surface area contributed by atoms with Crippen LogP contribution in [-0.2, 0) is 9.84 Å². The SMILES string of the molecule is CCOc1ccc(C)cc1C(N)C1CCS(=O)(=O)C1. The number of benzene rings is 1. The lowest BCUT2D eigenvalue weighted by atomic mass is 9.92. The highest BCUT2D eigenvalue weighted by molar-refractivity contribution is 7.91. The third-order valence-electron chi connectivity index (χ3n) is 3.60. The van der Waals surface area contributed by atoms with Crippen LogP contribution in [-0.4, -0.2) is 26.5 Å². The standard InChI is InChI=1S/C14H21NO3S/c1-3-18-13-5-4-10(2)8-12(13)14(15)11-6-7-19(16,17)9-11/h4-5,8,11,14H,3,6-7,9,15H2,1-2H3. The fraction of sp³-hybridized carbons (Fsp3) is 0.571. The molecule has 2 atom stereocenters. The first-order valence-corrected chi connectivity index (χ1v) is 8.44. The van der Waals surface area contributed by atoms with Crippen LogP contribution in [0.25, 0.3) is 0 Å². The fourth-order valence-electron chi connectivity index (χ4n) is 2.58. The number of rotatable bonds is 4. The van der Waals surface area contributed by atoms with E-state index in [1.807, 2.05) is 32.0 Å². The zero-order chi connectivity index (χ0) is 14.0. The first-order chi connectivity index (χ1) is 8.93. The van der Waals surface area contributed by atoms with Crippen LogP contribution in [0, 0.1) is 12.8 Å². The lowest BCUT2D eigenvalue weighted by molar-refractivity contribution is 0.329. The third-order valence-corrected chi connectivity index (χ3v) is 5.39. The summed E-state index contributed by atoms with van der Waals surface area (Å²) in [5.74, 6) is 1.20. The molecule has 2 N–H and O–H groups in total. The highest BCUT2D eigenvalue weighted by atomic mass is 32.2. The van der Waals surface area contributed by atoms with E-state index in [0.717, 1.165) is 16.9 Å². The van der Waals surface area contributed by atoms with Crippen LogP contribution < -0.4 is 10.5 Å². The molecule has 1 aromatic carbocycles. The van der Waals surface area contributed by atoms with Crippen LogP contribution in [0.3, 0.4) is 0 Å². The Bertz CT molecular complexity index is 554. The summed E-state index contributed by atoms with van der Waals surface area (Å²) >= 11 is 0. The predicted molar refractivity (Wildman–Crippen MR) is 76.0 cm³/mol. The van der Waals surface area contributed by atoms with Gasteiger partial charge in [-0.1, -0.05) is 17.7 Å². The van der Waals surface area contributed by atoms with E-state index in [1.54, 1.807) is 0 Å². The first-order valence-electron chi connectivity index (χ1n) is 6.62. The van der Waals surface area contributed by atoms with Crippen LogP contribution in [0.1, 0.15) is 30.5 Å². The van der Waals surface area contributed by atoms with E-state index >= 15 is 0 Å². The van der Waals surface area contributed by atoms with Gasteiger partial charge >= 0.3 is 0 Å². The van der Waals surface area contributed by atoms with Gasteiger partial charge in [-0.15, -0.1) is 0 Å². The largest absolute Gasteiger partial charge is 0.494 e. The molecule has 1 aliphatic heterocycles. The molecule has 0 bridgehead atoms. The molecule has 1 heterocycles. The maximum absolute atomic E-state index is 11.6. The Morgan fingerprint density at radius 3 is 2.79 bits per heavy atom. The molecule has 1 saturated heterocycles. The Morgan fingerprint density at radius 2 is 2.21 bits per heavy atom. The highest BCUT2D eigenvalue weighted by Crippen LogP contribution is 2.34. The minimum atomic E-state index is -2.90. The summed E-state index contributed by atoms with van der Waals surface area (Å²) in [5.41, 5.74) is 8.30. The maximum Gasteiger partial charge on any atom is 0.150 e. The van der Waals surface area contributed by atoms with Gasteiger partial charge in [-0.05, 0) is 32.3 Å². The molecular formula is C14H21NO3S. The lowest BCUT2D eigenvalue weighted by Gasteiger charge is -2.21. The average Bonchev–Trinajstić information content (AvgIpc) is 2.71. The molecule has 0 aromatic heterocycles. The van der Waals surface area contributed by atoms with Gasteiger partial charge in [0.15, 0.2) is 9.84 Å². The van der Waals surface area contributed by atoms with E-state index in [1.165, 1.54) is 0 Å². The molecule has 1 aliphatic rings. The monoisotopic (exact) mass is 283 g/mol. The molecule has 19 heavy (non-hydrogen) atoms. The third kappa shape index (κ3) is 3.28. The van der Waals surface area contributed by atoms with Gasteiger partial charge in [0.05, 0.1) is 18.1 Å². The number of hydrogen-bond donors (Lipinski definition) is 1. The number of ether oxygens (including phenoxy) is 1. The molecule has 0 saturated carbocycles. The van der Waals surface area contributed by atoms with Gasteiger partial charge in [0.2, 0.25) is 0 Å². The van der Waals surface area contributed by atoms with Crippen LogP contribution in [0.4, 0.5) is 0 Å². The van der Waals surface area contributed by atoms with Crippen molar-refractivity contribution in [3.05, 3.63) is 29.3 Å². The summed E-state index contributed by atoms with van der Waals surface area (Å²) in [6.07, 6.45) is 0.642. The fourth-order valence-corrected chi connectivity index (χ4v) is 4.43. The van der Waals surface area contributed by atoms with Crippen molar-refractivity contribution >= 4 is 9.84 Å². The van der Waals surface area contributed by atoms with Crippen molar-refractivity contribution in [2.75, 3.05) is 18.1 Å². The van der Waals surface area contributed by atoms with E-state index < -0.39 is 9.84 Å². The normalized spacial score (nSPS) is 23.2. The summed E-state index contributed by atoms with van der Waals surface area (Å²) in [6.45, 7) is 4.50. The maximum atomic E-state index is 11.6. The molecular weight excluding hydrogens is 262 g/mol. The molecule has 0 amide bonds. The lowest BCUT2D eigenvalue weighted by Crippen LogP contribution is -2.23. The highest BCUT2D eigenvalue weighted by Gasteiger charge is 2.33. The van der Waals surface area contributed by atoms with E-state index in [-0.39, 0.29) is 23.5 Å². The number of sulfone groups is 1. The minimum absolute atomic E-state index is 0.00833. The second-order valence-corrected chi connectivity index (χ2v) is 7.39. The molecule has 1 fully saturated rings. The molecule has 5 heteroatoms. The van der Waals surface area contributed by atoms with Gasteiger partial charge in [0.1, 0.15) is 5.75 Å². The van der Waals surface area contributed by atoms with Crippen molar-refractivity contribution in [3.8, 4) is 5.75 Å². The van der Waals surface area contributed by atoms with Gasteiger partial charge in [0, 0.05) is 11.6 Å². The van der Waals surface area contributed by atoms with Gasteiger partial charge in [-0.2, -0.15) is 0 Å². The molecule has 2 rings (SSSR count). The van der Waals surface area contributed by atoms with Crippen LogP contribution in [0.5, 0.6) is 5.75 Å². The predicted octanol–water partition coefficient (Wildman–Crippen LogP) is 1.83. The zero-order valence-corrected chi connectivity index (χ0v) is 12.2. The molecule has 0 spiro atoms. The van der Waals surface area contributed by atoms with Gasteiger partial charge < -0.3 is 10.5 Å². The van der Waals surface area contributed by atoms with Crippen molar-refractivity contribution in [1.82, 2.24) is 0 Å². The molecule has 0 aliphatic carbocycles. The summed E-state index contributed by atoms with van der Waals surface area (Å²) in [4.78, 5) is 0. The van der Waals surface area contributed by atoms with E-state index in [4.69, 9.17) is 10.5 Å². The molecule has 4 nitrogen and oxygen atoms in total. The van der Waals surface area contributed by atoms with Crippen molar-refractivity contribution in [2.24, 2.45) is 11.7 Å². The Kier molecular flexibility index (Phi) is 4.16. The number of nitrogens with two attached hydrogens (primary N) is 1. The van der Waals surface area contributed by atoms with Crippen molar-refractivity contribution in [1.29, 1.82) is 0 Å². The zero-order valence-electron chi connectivity index (χ0n) is 11.4. The van der Waals surface area contributed by atoms with Crippen molar-refractivity contribution < 1.29 is 13.2 Å². The number of aryl methyl sites for hydroxylation is 1. The summed E-state index contributed by atoms with van der Waals surface area (Å²) < 4.78 is 28.7. The van der Waals surface area contributed by atoms with Crippen molar-refractivity contribution in [2.45, 2.75) is 26.3 Å². The van der Waals surface area contributed by atoms with Gasteiger partial charge in [0.25, 0.3) is 0 Å². The van der Waals surface area contributed by atoms with Crippen LogP contribution in [0.2, 0.25) is 0 Å². The molecule has 1 aromatic rings. The molecule has 0 radical (unpaired) electrons. The smallest absolute Gasteiger partial charge is 0.150 e. The topological polar surface area (TPSA) is 69.4 Å². The van der Waals surface area contributed by atoms with Gasteiger partial charge in [-0.3, -0.25) is 0 Å². The average molecular weight is 283 g/mol. The summed E-state index contributed by atoms with van der Waals surface area (Å²) in [6, 6.07) is 5.61. The molecule has 106 valence electrons.